The molecule has 1 aliphatic carbocycles. The smallest absolute Gasteiger partial charge is 0.407 e. The maximum atomic E-state index is 11.4. The Morgan fingerprint density at radius 2 is 1.77 bits per heavy atom. The Bertz CT molecular complexity index is 983. The summed E-state index contributed by atoms with van der Waals surface area (Å²) in [6, 6.07) is 17.4. The molecule has 7 nitrogen and oxygen atoms in total. The van der Waals surface area contributed by atoms with E-state index in [0.29, 0.717) is 25.3 Å². The molecule has 1 unspecified atom stereocenters. The summed E-state index contributed by atoms with van der Waals surface area (Å²) in [5, 5.41) is 9.30. The minimum Gasteiger partial charge on any atom is -0.475 e. The van der Waals surface area contributed by atoms with Gasteiger partial charge in [-0.05, 0) is 36.6 Å². The number of hydrogen-bond acceptors (Lipinski definition) is 4. The SMILES string of the molecule is C1CC1.CC(NS(C)(=O)=O)Oc1cccc(C2(Cc3ccccc3)CN(C(=O)O)C2)c1. The number of nitrogens with zero attached hydrogens (tertiary/aromatic N) is 1. The number of hydrogen-bond donors (Lipinski definition) is 2. The van der Waals surface area contributed by atoms with Crippen LogP contribution in [0.25, 0.3) is 0 Å². The van der Waals surface area contributed by atoms with Crippen LogP contribution in [0, 0.1) is 0 Å². The molecule has 1 amide bonds. The van der Waals surface area contributed by atoms with E-state index in [-0.39, 0.29) is 5.41 Å². The summed E-state index contributed by atoms with van der Waals surface area (Å²) in [5.74, 6) is 0.530. The molecule has 0 spiro atoms. The number of likely N-dealkylation sites (tertiary alicyclic amines) is 1. The number of amides is 1. The largest absolute Gasteiger partial charge is 0.475 e. The van der Waals surface area contributed by atoms with Crippen LogP contribution in [0.3, 0.4) is 0 Å². The number of carboxylic acid groups (broad SMARTS) is 1. The average molecular weight is 447 g/mol. The zero-order valence-electron chi connectivity index (χ0n) is 18.0. The van der Waals surface area contributed by atoms with Gasteiger partial charge in [0.15, 0.2) is 6.23 Å². The van der Waals surface area contributed by atoms with Crippen molar-refractivity contribution in [1.29, 1.82) is 0 Å². The van der Waals surface area contributed by atoms with Gasteiger partial charge in [0, 0.05) is 18.5 Å². The Balaban J connectivity index is 0.000000834. The van der Waals surface area contributed by atoms with Crippen molar-refractivity contribution in [3.05, 3.63) is 65.7 Å². The lowest BCUT2D eigenvalue weighted by molar-refractivity contribution is 0.0593. The minimum absolute atomic E-state index is 0.341. The van der Waals surface area contributed by atoms with Gasteiger partial charge in [-0.2, -0.15) is 4.72 Å². The van der Waals surface area contributed by atoms with Crippen molar-refractivity contribution < 1.29 is 23.1 Å². The Labute approximate surface area is 184 Å². The third kappa shape index (κ3) is 6.97. The molecule has 2 N–H and O–H groups in total. The Kier molecular flexibility index (Phi) is 7.23. The maximum Gasteiger partial charge on any atom is 0.407 e. The van der Waals surface area contributed by atoms with Gasteiger partial charge >= 0.3 is 6.09 Å². The molecular weight excluding hydrogens is 416 g/mol. The number of benzene rings is 2. The fourth-order valence-corrected chi connectivity index (χ4v) is 4.28. The predicted molar refractivity (Wildman–Crippen MR) is 120 cm³/mol. The molecule has 1 aliphatic heterocycles. The third-order valence-corrected chi connectivity index (χ3v) is 5.90. The molecule has 168 valence electrons. The monoisotopic (exact) mass is 446 g/mol. The molecule has 1 saturated carbocycles. The zero-order valence-corrected chi connectivity index (χ0v) is 18.8. The first kappa shape index (κ1) is 23.1. The molecule has 2 fully saturated rings. The second-order valence-corrected chi connectivity index (χ2v) is 10.1. The molecule has 4 rings (SSSR count). The van der Waals surface area contributed by atoms with Crippen molar-refractivity contribution in [2.24, 2.45) is 0 Å². The van der Waals surface area contributed by atoms with E-state index in [4.69, 9.17) is 4.74 Å². The molecule has 1 atom stereocenters. The molecule has 0 aromatic heterocycles. The van der Waals surface area contributed by atoms with Gasteiger partial charge in [0.2, 0.25) is 10.0 Å². The summed E-state index contributed by atoms with van der Waals surface area (Å²) in [6.45, 7) is 2.42. The molecule has 1 saturated heterocycles. The molecule has 2 aliphatic rings. The number of sulfonamides is 1. The van der Waals surface area contributed by atoms with Gasteiger partial charge in [0.05, 0.1) is 6.26 Å². The van der Waals surface area contributed by atoms with Gasteiger partial charge in [-0.25, -0.2) is 13.2 Å². The first-order valence-corrected chi connectivity index (χ1v) is 12.3. The lowest BCUT2D eigenvalue weighted by Crippen LogP contribution is -2.62. The summed E-state index contributed by atoms with van der Waals surface area (Å²) in [4.78, 5) is 12.7. The number of ether oxygens (including phenoxy) is 1. The Hall–Kier alpha value is -2.58. The van der Waals surface area contributed by atoms with Crippen LogP contribution in [0.1, 0.15) is 37.3 Å². The summed E-state index contributed by atoms with van der Waals surface area (Å²) in [5.41, 5.74) is 1.76. The van der Waals surface area contributed by atoms with Crippen molar-refractivity contribution in [3.8, 4) is 5.75 Å². The minimum atomic E-state index is -3.38. The van der Waals surface area contributed by atoms with E-state index in [1.54, 1.807) is 13.0 Å². The predicted octanol–water partition coefficient (Wildman–Crippen LogP) is 3.61. The van der Waals surface area contributed by atoms with Crippen LogP contribution in [0.2, 0.25) is 0 Å². The highest BCUT2D eigenvalue weighted by Crippen LogP contribution is 2.39. The highest BCUT2D eigenvalue weighted by Gasteiger charge is 2.46. The third-order valence-electron chi connectivity index (χ3n) is 5.14. The maximum absolute atomic E-state index is 11.4. The van der Waals surface area contributed by atoms with Crippen molar-refractivity contribution >= 4 is 16.1 Å². The van der Waals surface area contributed by atoms with E-state index >= 15 is 0 Å². The van der Waals surface area contributed by atoms with E-state index in [9.17, 15) is 18.3 Å². The van der Waals surface area contributed by atoms with Gasteiger partial charge < -0.3 is 14.7 Å². The van der Waals surface area contributed by atoms with E-state index in [2.05, 4.69) is 4.72 Å². The molecule has 1 heterocycles. The number of carbonyl (C=O) groups is 1. The van der Waals surface area contributed by atoms with E-state index in [0.717, 1.165) is 17.4 Å². The van der Waals surface area contributed by atoms with Crippen molar-refractivity contribution in [2.75, 3.05) is 19.3 Å². The van der Waals surface area contributed by atoms with Gasteiger partial charge in [0.1, 0.15) is 5.75 Å². The zero-order chi connectivity index (χ0) is 22.5. The van der Waals surface area contributed by atoms with Gasteiger partial charge in [-0.3, -0.25) is 0 Å². The van der Waals surface area contributed by atoms with Crippen molar-refractivity contribution in [2.45, 2.75) is 44.2 Å². The average Bonchev–Trinajstić information content (AvgIpc) is 3.53. The molecular formula is C23H30N2O5S. The van der Waals surface area contributed by atoms with Crippen LogP contribution < -0.4 is 9.46 Å². The summed E-state index contributed by atoms with van der Waals surface area (Å²) in [7, 11) is -3.38. The Morgan fingerprint density at radius 3 is 2.32 bits per heavy atom. The molecule has 0 radical (unpaired) electrons. The normalized spacial score (nSPS) is 17.5. The highest BCUT2D eigenvalue weighted by molar-refractivity contribution is 7.88. The molecule has 31 heavy (non-hydrogen) atoms. The van der Waals surface area contributed by atoms with Crippen molar-refractivity contribution in [1.82, 2.24) is 9.62 Å². The van der Waals surface area contributed by atoms with Crippen LogP contribution in [0.5, 0.6) is 5.75 Å². The number of nitrogens with one attached hydrogen (secondary N) is 1. The molecule has 2 aromatic carbocycles. The Morgan fingerprint density at radius 1 is 1.13 bits per heavy atom. The summed E-state index contributed by atoms with van der Waals surface area (Å²) >= 11 is 0. The van der Waals surface area contributed by atoms with E-state index in [1.807, 2.05) is 48.5 Å². The van der Waals surface area contributed by atoms with Crippen LogP contribution in [-0.4, -0.2) is 50.1 Å². The summed E-state index contributed by atoms with van der Waals surface area (Å²) in [6.07, 6.45) is 4.64. The first-order chi connectivity index (χ1) is 14.7. The number of rotatable bonds is 7. The fourth-order valence-electron chi connectivity index (χ4n) is 3.63. The highest BCUT2D eigenvalue weighted by atomic mass is 32.2. The lowest BCUT2D eigenvalue weighted by atomic mass is 9.69. The molecule has 8 heteroatoms. The van der Waals surface area contributed by atoms with Crippen LogP contribution in [0.4, 0.5) is 4.79 Å². The summed E-state index contributed by atoms with van der Waals surface area (Å²) < 4.78 is 30.8. The standard InChI is InChI=1S/C20H24N2O5S.C3H6/c1-15(21-28(2,25)26)27-18-10-6-9-17(11-18)20(13-22(14-20)19(23)24)12-16-7-4-3-5-8-16;1-2-3-1/h3-11,15,21H,12-14H2,1-2H3,(H,23,24);1-3H2. The van der Waals surface area contributed by atoms with Crippen LogP contribution in [-0.2, 0) is 21.9 Å². The van der Waals surface area contributed by atoms with Crippen molar-refractivity contribution in [3.63, 3.8) is 0 Å². The molecule has 2 aromatic rings. The fraction of sp³-hybridized carbons (Fsp3) is 0.435. The second-order valence-electron chi connectivity index (χ2n) is 8.32. The lowest BCUT2D eigenvalue weighted by Gasteiger charge is -2.49. The van der Waals surface area contributed by atoms with E-state index in [1.165, 1.54) is 24.2 Å². The quantitative estimate of drug-likeness (QED) is 0.634. The first-order valence-electron chi connectivity index (χ1n) is 10.4. The topological polar surface area (TPSA) is 95.9 Å². The molecule has 0 bridgehead atoms. The van der Waals surface area contributed by atoms with Crippen LogP contribution >= 0.6 is 0 Å². The van der Waals surface area contributed by atoms with Gasteiger partial charge in [-0.1, -0.05) is 61.7 Å². The second kappa shape index (κ2) is 9.70. The van der Waals surface area contributed by atoms with Gasteiger partial charge in [-0.15, -0.1) is 0 Å². The van der Waals surface area contributed by atoms with Gasteiger partial charge in [0.25, 0.3) is 0 Å². The van der Waals surface area contributed by atoms with Crippen LogP contribution in [0.15, 0.2) is 54.6 Å². The van der Waals surface area contributed by atoms with E-state index < -0.39 is 22.3 Å².